The van der Waals surface area contributed by atoms with Gasteiger partial charge in [0.2, 0.25) is 5.96 Å². The van der Waals surface area contributed by atoms with Crippen molar-refractivity contribution in [2.24, 2.45) is 4.99 Å². The largest absolute Gasteiger partial charge is 0.368 e. The number of piperazine rings is 1. The number of halogens is 2. The molecule has 27 heavy (non-hydrogen) atoms. The molecule has 0 saturated carbocycles. The van der Waals surface area contributed by atoms with Gasteiger partial charge < -0.3 is 9.80 Å². The normalized spacial score (nSPS) is 14.6. The lowest BCUT2D eigenvalue weighted by atomic mass is 10.2. The highest BCUT2D eigenvalue weighted by atomic mass is 19.1. The summed E-state index contributed by atoms with van der Waals surface area (Å²) < 4.78 is 26.6. The molecule has 2 aromatic carbocycles. The Kier molecular flexibility index (Phi) is 5.97. The fraction of sp³-hybridized carbons (Fsp3) is 0.263. The van der Waals surface area contributed by atoms with Gasteiger partial charge in [-0.2, -0.15) is 0 Å². The maximum Gasteiger partial charge on any atom is 0.219 e. The van der Waals surface area contributed by atoms with Crippen LogP contribution in [0.1, 0.15) is 5.56 Å². The molecule has 0 amide bonds. The van der Waals surface area contributed by atoms with Crippen LogP contribution >= 0.6 is 0 Å². The van der Waals surface area contributed by atoms with E-state index in [4.69, 9.17) is 5.41 Å². The Hall–Kier alpha value is -3.00. The summed E-state index contributed by atoms with van der Waals surface area (Å²) in [6, 6.07) is 12.5. The lowest BCUT2D eigenvalue weighted by Crippen LogP contribution is -2.48. The highest BCUT2D eigenvalue weighted by Crippen LogP contribution is 2.17. The Morgan fingerprint density at radius 3 is 2.41 bits per heavy atom. The Bertz CT molecular complexity index is 804. The molecular formula is C19H21F2N5O. The van der Waals surface area contributed by atoms with Crippen LogP contribution in [0.5, 0.6) is 0 Å². The zero-order valence-corrected chi connectivity index (χ0v) is 14.7. The van der Waals surface area contributed by atoms with Crippen LogP contribution in [0, 0.1) is 17.0 Å². The second kappa shape index (κ2) is 8.59. The third-order valence-corrected chi connectivity index (χ3v) is 4.37. The van der Waals surface area contributed by atoms with Crippen molar-refractivity contribution in [1.82, 2.24) is 9.96 Å². The Morgan fingerprint density at radius 1 is 1.07 bits per heavy atom. The van der Waals surface area contributed by atoms with E-state index in [-0.39, 0.29) is 18.3 Å². The fourth-order valence-corrected chi connectivity index (χ4v) is 2.87. The maximum atomic E-state index is 13.6. The van der Waals surface area contributed by atoms with Crippen LogP contribution in [0.4, 0.5) is 14.5 Å². The van der Waals surface area contributed by atoms with Gasteiger partial charge in [-0.3, -0.25) is 10.6 Å². The third kappa shape index (κ3) is 5.01. The number of nitrogens with zero attached hydrogens (tertiary/aromatic N) is 4. The van der Waals surface area contributed by atoms with Crippen LogP contribution in [-0.4, -0.2) is 53.6 Å². The first-order chi connectivity index (χ1) is 13.0. The number of anilines is 1. The zero-order valence-electron chi connectivity index (χ0n) is 14.7. The number of benzene rings is 2. The second-order valence-corrected chi connectivity index (χ2v) is 6.21. The highest BCUT2D eigenvalue weighted by Gasteiger charge is 2.19. The molecule has 0 bridgehead atoms. The Balaban J connectivity index is 1.49. The molecule has 2 aromatic rings. The minimum absolute atomic E-state index is 0.0290. The quantitative estimate of drug-likeness (QED) is 0.491. The SMILES string of the molecule is N=C(N=CN(O)Cc1ccccc1F)N1CCN(c2ccc(F)cc2)CC1. The number of hydrogen-bond donors (Lipinski definition) is 2. The number of aliphatic imine (C=N–C) groups is 1. The van der Waals surface area contributed by atoms with Crippen LogP contribution in [0.3, 0.4) is 0 Å². The van der Waals surface area contributed by atoms with Crippen molar-refractivity contribution in [3.8, 4) is 0 Å². The van der Waals surface area contributed by atoms with Gasteiger partial charge in [0.05, 0.1) is 6.54 Å². The first-order valence-corrected chi connectivity index (χ1v) is 8.60. The van der Waals surface area contributed by atoms with Crippen molar-refractivity contribution in [2.75, 3.05) is 31.1 Å². The minimum atomic E-state index is -0.406. The second-order valence-electron chi connectivity index (χ2n) is 6.21. The van der Waals surface area contributed by atoms with Gasteiger partial charge >= 0.3 is 0 Å². The summed E-state index contributed by atoms with van der Waals surface area (Å²) in [5, 5.41) is 18.6. The van der Waals surface area contributed by atoms with Gasteiger partial charge in [-0.15, -0.1) is 0 Å². The van der Waals surface area contributed by atoms with Crippen molar-refractivity contribution in [3.05, 3.63) is 65.7 Å². The van der Waals surface area contributed by atoms with Gasteiger partial charge in [-0.05, 0) is 30.3 Å². The summed E-state index contributed by atoms with van der Waals surface area (Å²) >= 11 is 0. The van der Waals surface area contributed by atoms with Crippen LogP contribution in [0.2, 0.25) is 0 Å². The fourth-order valence-electron chi connectivity index (χ4n) is 2.87. The number of guanidine groups is 1. The van der Waals surface area contributed by atoms with Crippen LogP contribution in [0.15, 0.2) is 53.5 Å². The molecule has 1 aliphatic rings. The van der Waals surface area contributed by atoms with Crippen LogP contribution < -0.4 is 4.90 Å². The zero-order chi connectivity index (χ0) is 19.2. The summed E-state index contributed by atoms with van der Waals surface area (Å²) in [4.78, 5) is 7.85. The standard InChI is InChI=1S/C19H21F2N5O/c20-16-5-7-17(8-6-16)24-9-11-25(12-10-24)19(22)23-14-26(27)13-15-3-1-2-4-18(15)21/h1-8,14,22,27H,9-13H2. The molecule has 1 fully saturated rings. The number of nitrogens with one attached hydrogen (secondary N) is 1. The van der Waals surface area contributed by atoms with Crippen molar-refractivity contribution in [2.45, 2.75) is 6.54 Å². The molecule has 6 nitrogen and oxygen atoms in total. The van der Waals surface area contributed by atoms with Gasteiger partial charge in [0.25, 0.3) is 0 Å². The van der Waals surface area contributed by atoms with Crippen molar-refractivity contribution in [1.29, 1.82) is 5.41 Å². The van der Waals surface area contributed by atoms with Gasteiger partial charge in [0, 0.05) is 37.4 Å². The van der Waals surface area contributed by atoms with E-state index in [1.807, 2.05) is 0 Å². The van der Waals surface area contributed by atoms with E-state index >= 15 is 0 Å². The summed E-state index contributed by atoms with van der Waals surface area (Å²) in [5.74, 6) is -0.643. The Morgan fingerprint density at radius 2 is 1.74 bits per heavy atom. The molecule has 1 saturated heterocycles. The average molecular weight is 373 g/mol. The molecule has 2 N–H and O–H groups in total. The van der Waals surface area contributed by atoms with Gasteiger partial charge in [0.15, 0.2) is 0 Å². The molecule has 142 valence electrons. The molecule has 1 aliphatic heterocycles. The molecular weight excluding hydrogens is 352 g/mol. The Labute approximate surface area is 156 Å². The van der Waals surface area contributed by atoms with E-state index in [9.17, 15) is 14.0 Å². The van der Waals surface area contributed by atoms with E-state index in [1.165, 1.54) is 18.2 Å². The van der Waals surface area contributed by atoms with Crippen molar-refractivity contribution in [3.63, 3.8) is 0 Å². The molecule has 0 spiro atoms. The lowest BCUT2D eigenvalue weighted by Gasteiger charge is -2.36. The van der Waals surface area contributed by atoms with Crippen molar-refractivity contribution < 1.29 is 14.0 Å². The maximum absolute atomic E-state index is 13.6. The highest BCUT2D eigenvalue weighted by molar-refractivity contribution is 5.84. The van der Waals surface area contributed by atoms with Crippen LogP contribution in [0.25, 0.3) is 0 Å². The summed E-state index contributed by atoms with van der Waals surface area (Å²) in [6.07, 6.45) is 1.11. The van der Waals surface area contributed by atoms with Gasteiger partial charge in [0.1, 0.15) is 18.0 Å². The minimum Gasteiger partial charge on any atom is -0.368 e. The molecule has 0 radical (unpaired) electrons. The molecule has 0 atom stereocenters. The van der Waals surface area contributed by atoms with E-state index in [0.29, 0.717) is 31.7 Å². The average Bonchev–Trinajstić information content (AvgIpc) is 2.69. The smallest absolute Gasteiger partial charge is 0.219 e. The summed E-state index contributed by atoms with van der Waals surface area (Å²) in [7, 11) is 0. The topological polar surface area (TPSA) is 66.2 Å². The van der Waals surface area contributed by atoms with E-state index in [1.54, 1.807) is 35.2 Å². The summed E-state index contributed by atoms with van der Waals surface area (Å²) in [6.45, 7) is 2.49. The predicted molar refractivity (Wildman–Crippen MR) is 100 cm³/mol. The van der Waals surface area contributed by atoms with E-state index < -0.39 is 5.82 Å². The van der Waals surface area contributed by atoms with Crippen molar-refractivity contribution >= 4 is 18.0 Å². The predicted octanol–water partition coefficient (Wildman–Crippen LogP) is 2.94. The van der Waals surface area contributed by atoms with Crippen LogP contribution in [-0.2, 0) is 6.54 Å². The van der Waals surface area contributed by atoms with E-state index in [0.717, 1.165) is 17.1 Å². The number of rotatable bonds is 4. The molecule has 0 aromatic heterocycles. The first-order valence-electron chi connectivity index (χ1n) is 8.60. The lowest BCUT2D eigenvalue weighted by molar-refractivity contribution is -0.0172. The monoisotopic (exact) mass is 373 g/mol. The van der Waals surface area contributed by atoms with Gasteiger partial charge in [-0.25, -0.2) is 18.8 Å². The molecule has 0 unspecified atom stereocenters. The molecule has 3 rings (SSSR count). The summed E-state index contributed by atoms with van der Waals surface area (Å²) in [5.41, 5.74) is 1.28. The van der Waals surface area contributed by atoms with Gasteiger partial charge in [-0.1, -0.05) is 18.2 Å². The number of hydroxylamine groups is 2. The molecule has 1 heterocycles. The number of hydrogen-bond acceptors (Lipinski definition) is 3. The molecule has 0 aliphatic carbocycles. The first kappa shape index (κ1) is 18.8. The third-order valence-electron chi connectivity index (χ3n) is 4.37. The van der Waals surface area contributed by atoms with E-state index in [2.05, 4.69) is 9.89 Å². The molecule has 8 heteroatoms.